The highest BCUT2D eigenvalue weighted by Gasteiger charge is 2.31. The van der Waals surface area contributed by atoms with E-state index in [1.54, 1.807) is 18.2 Å². The van der Waals surface area contributed by atoms with Crippen molar-refractivity contribution < 1.29 is 18.9 Å². The predicted molar refractivity (Wildman–Crippen MR) is 139 cm³/mol. The molecule has 1 amide bonds. The van der Waals surface area contributed by atoms with E-state index < -0.39 is 5.91 Å². The minimum absolute atomic E-state index is 0.286. The third-order valence-corrected chi connectivity index (χ3v) is 6.65. The molecule has 0 unspecified atom stereocenters. The monoisotopic (exact) mass is 481 g/mol. The van der Waals surface area contributed by atoms with E-state index in [1.165, 1.54) is 18.4 Å². The van der Waals surface area contributed by atoms with Gasteiger partial charge < -0.3 is 14.6 Å². The van der Waals surface area contributed by atoms with Crippen molar-refractivity contribution in [2.24, 2.45) is 0 Å². The molecule has 4 aromatic rings. The summed E-state index contributed by atoms with van der Waals surface area (Å²) in [5.74, 6) is 0.704. The molecule has 0 fully saturated rings. The summed E-state index contributed by atoms with van der Waals surface area (Å²) in [7, 11) is 1.53. The molecule has 0 aliphatic carbocycles. The Morgan fingerprint density at radius 2 is 2.00 bits per heavy atom. The molecule has 1 aromatic heterocycles. The number of carbonyl (C=O) groups excluding carboxylic acids is 2. The first kappa shape index (κ1) is 23.5. The van der Waals surface area contributed by atoms with Crippen molar-refractivity contribution in [1.29, 1.82) is 0 Å². The Morgan fingerprint density at radius 3 is 2.81 bits per heavy atom. The van der Waals surface area contributed by atoms with Crippen LogP contribution in [0.3, 0.4) is 0 Å². The number of H-pyrrole nitrogens is 1. The van der Waals surface area contributed by atoms with Gasteiger partial charge in [0.2, 0.25) is 0 Å². The second-order valence-electron chi connectivity index (χ2n) is 8.96. The molecule has 0 saturated heterocycles. The Morgan fingerprint density at radius 1 is 1.14 bits per heavy atom. The molecule has 182 valence electrons. The minimum Gasteiger partial charge on any atom is -0.496 e. The van der Waals surface area contributed by atoms with Crippen molar-refractivity contribution in [3.8, 4) is 5.75 Å². The van der Waals surface area contributed by atoms with E-state index >= 15 is 0 Å². The quantitative estimate of drug-likeness (QED) is 0.213. The Kier molecular flexibility index (Phi) is 6.65. The second kappa shape index (κ2) is 10.2. The van der Waals surface area contributed by atoms with Gasteiger partial charge in [0.15, 0.2) is 5.52 Å². The molecule has 36 heavy (non-hydrogen) atoms. The van der Waals surface area contributed by atoms with Crippen molar-refractivity contribution in [3.63, 3.8) is 0 Å². The highest BCUT2D eigenvalue weighted by atomic mass is 16.5. The first-order chi connectivity index (χ1) is 17.6. The van der Waals surface area contributed by atoms with Crippen LogP contribution in [0.4, 0.5) is 17.1 Å². The third-order valence-electron chi connectivity index (χ3n) is 6.65. The van der Waals surface area contributed by atoms with Gasteiger partial charge in [0, 0.05) is 36.5 Å². The number of aromatic amines is 1. The van der Waals surface area contributed by atoms with Crippen LogP contribution in [0.2, 0.25) is 0 Å². The molecule has 1 aliphatic rings. The SMILES string of the molecule is CCCc1nc2c([N+](=C=O)C(=O)c3ccc(N4CCCCc5ccccc54)cc3OC)cccc2[nH]1. The van der Waals surface area contributed by atoms with Gasteiger partial charge in [-0.1, -0.05) is 31.2 Å². The van der Waals surface area contributed by atoms with Crippen LogP contribution in [0, 0.1) is 0 Å². The molecule has 1 aliphatic heterocycles. The number of nitrogens with zero attached hydrogens (tertiary/aromatic N) is 3. The van der Waals surface area contributed by atoms with E-state index in [-0.39, 0.29) is 5.56 Å². The molecule has 5 rings (SSSR count). The molecule has 2 heterocycles. The lowest BCUT2D eigenvalue weighted by atomic mass is 10.1. The van der Waals surface area contributed by atoms with Gasteiger partial charge in [-0.05, 0) is 60.1 Å². The summed E-state index contributed by atoms with van der Waals surface area (Å²) in [6.45, 7) is 2.95. The van der Waals surface area contributed by atoms with Crippen molar-refractivity contribution in [2.45, 2.75) is 39.0 Å². The predicted octanol–water partition coefficient (Wildman–Crippen LogP) is 5.82. The van der Waals surface area contributed by atoms with Crippen molar-refractivity contribution in [2.75, 3.05) is 18.6 Å². The Balaban J connectivity index is 1.53. The number of para-hydroxylation sites is 2. The Hall–Kier alpha value is -4.22. The number of benzene rings is 3. The standard InChI is InChI=1S/C29H29N4O3/c1-3-9-27-30-23-12-8-14-25(28(23)31-27)33(19-34)29(35)22-16-15-21(18-26(22)36-2)32-17-7-6-11-20-10-4-5-13-24(20)32/h4-5,8,10,12-16,18H,3,6-7,9,11,17H2,1-2H3,(H,30,31)/q+1. The summed E-state index contributed by atoms with van der Waals surface area (Å²) in [5, 5.41) is 0. The number of hydrogen-bond acceptors (Lipinski definition) is 5. The Bertz CT molecular complexity index is 1480. The zero-order valence-electron chi connectivity index (χ0n) is 20.6. The number of methoxy groups -OCH3 is 1. The number of aryl methyl sites for hydroxylation is 2. The molecule has 3 aromatic carbocycles. The lowest BCUT2D eigenvalue weighted by Crippen LogP contribution is -2.20. The van der Waals surface area contributed by atoms with Gasteiger partial charge in [-0.25, -0.2) is 9.78 Å². The van der Waals surface area contributed by atoms with Crippen LogP contribution >= 0.6 is 0 Å². The number of carbonyl (C=O) groups is 1. The topological polar surface area (TPSA) is 78.3 Å². The fourth-order valence-electron chi connectivity index (χ4n) is 4.91. The fourth-order valence-corrected chi connectivity index (χ4v) is 4.91. The molecule has 0 saturated carbocycles. The van der Waals surface area contributed by atoms with Crippen LogP contribution in [-0.4, -0.2) is 40.2 Å². The molecule has 7 heteroatoms. The number of anilines is 2. The van der Waals surface area contributed by atoms with Gasteiger partial charge in [-0.15, -0.1) is 0 Å². The zero-order chi connectivity index (χ0) is 25.1. The summed E-state index contributed by atoms with van der Waals surface area (Å²) >= 11 is 0. The van der Waals surface area contributed by atoms with Gasteiger partial charge in [-0.3, -0.25) is 0 Å². The van der Waals surface area contributed by atoms with Crippen molar-refractivity contribution in [1.82, 2.24) is 9.97 Å². The van der Waals surface area contributed by atoms with Crippen molar-refractivity contribution in [3.05, 3.63) is 77.6 Å². The molecule has 0 spiro atoms. The molecule has 1 N–H and O–H groups in total. The normalized spacial score (nSPS) is 13.1. The summed E-state index contributed by atoms with van der Waals surface area (Å²) in [5.41, 5.74) is 5.43. The van der Waals surface area contributed by atoms with Crippen LogP contribution in [0.1, 0.15) is 47.9 Å². The average Bonchev–Trinajstić information content (AvgIpc) is 3.20. The lowest BCUT2D eigenvalue weighted by Gasteiger charge is -2.25. The summed E-state index contributed by atoms with van der Waals surface area (Å²) in [6.07, 6.45) is 6.77. The number of aromatic nitrogens is 2. The number of fused-ring (bicyclic) bond motifs is 2. The van der Waals surface area contributed by atoms with E-state index in [0.29, 0.717) is 17.0 Å². The van der Waals surface area contributed by atoms with Crippen molar-refractivity contribution >= 4 is 40.1 Å². The molecule has 0 atom stereocenters. The number of imidazole rings is 1. The third kappa shape index (κ3) is 4.30. The minimum atomic E-state index is -0.516. The zero-order valence-corrected chi connectivity index (χ0v) is 20.6. The number of ether oxygens (including phenoxy) is 1. The number of nitrogens with one attached hydrogen (secondary N) is 1. The van der Waals surface area contributed by atoms with Crippen LogP contribution in [0.25, 0.3) is 11.0 Å². The van der Waals surface area contributed by atoms with Gasteiger partial charge in [0.1, 0.15) is 17.1 Å². The van der Waals surface area contributed by atoms with Gasteiger partial charge >= 0.3 is 12.0 Å². The summed E-state index contributed by atoms with van der Waals surface area (Å²) in [4.78, 5) is 35.8. The smallest absolute Gasteiger partial charge is 0.440 e. The highest BCUT2D eigenvalue weighted by Crippen LogP contribution is 2.36. The van der Waals surface area contributed by atoms with E-state index in [1.807, 2.05) is 30.3 Å². The molecule has 0 bridgehead atoms. The van der Waals surface area contributed by atoms with Crippen LogP contribution < -0.4 is 9.64 Å². The summed E-state index contributed by atoms with van der Waals surface area (Å²) in [6, 6.07) is 19.3. The maximum atomic E-state index is 13.6. The van der Waals surface area contributed by atoms with Gasteiger partial charge in [-0.2, -0.15) is 4.79 Å². The summed E-state index contributed by atoms with van der Waals surface area (Å²) < 4.78 is 6.63. The fraction of sp³-hybridized carbons (Fsp3) is 0.276. The van der Waals surface area contributed by atoms with E-state index in [0.717, 1.165) is 60.3 Å². The van der Waals surface area contributed by atoms with Gasteiger partial charge in [0.25, 0.3) is 5.69 Å². The second-order valence-corrected chi connectivity index (χ2v) is 8.96. The van der Waals surface area contributed by atoms with Crippen LogP contribution in [0.15, 0.2) is 60.7 Å². The van der Waals surface area contributed by atoms with Crippen LogP contribution in [-0.2, 0) is 17.6 Å². The Labute approximate surface area is 210 Å². The highest BCUT2D eigenvalue weighted by molar-refractivity contribution is 5.97. The lowest BCUT2D eigenvalue weighted by molar-refractivity contribution is -0.330. The van der Waals surface area contributed by atoms with Crippen LogP contribution in [0.5, 0.6) is 5.75 Å². The number of rotatable bonds is 6. The molecule has 0 radical (unpaired) electrons. The average molecular weight is 482 g/mol. The first-order valence-corrected chi connectivity index (χ1v) is 12.4. The maximum Gasteiger partial charge on any atom is 0.440 e. The number of amides is 1. The molecular weight excluding hydrogens is 452 g/mol. The van der Waals surface area contributed by atoms with E-state index in [9.17, 15) is 9.59 Å². The van der Waals surface area contributed by atoms with Gasteiger partial charge in [0.05, 0.1) is 12.6 Å². The number of hydrogen-bond donors (Lipinski definition) is 1. The molecule has 7 nitrogen and oxygen atoms in total. The first-order valence-electron chi connectivity index (χ1n) is 12.4. The maximum absolute atomic E-state index is 13.6. The van der Waals surface area contributed by atoms with E-state index in [2.05, 4.69) is 40.0 Å². The largest absolute Gasteiger partial charge is 0.496 e. The number of isocyanates is 1. The molecular formula is C29H29N4O3+. The van der Waals surface area contributed by atoms with E-state index in [4.69, 9.17) is 4.74 Å².